The van der Waals surface area contributed by atoms with E-state index in [4.69, 9.17) is 4.74 Å². The summed E-state index contributed by atoms with van der Waals surface area (Å²) in [6.45, 7) is 1.26. The Morgan fingerprint density at radius 2 is 2.00 bits per heavy atom. The Balaban J connectivity index is 1.96. The van der Waals surface area contributed by atoms with Crippen molar-refractivity contribution in [2.75, 3.05) is 5.32 Å². The zero-order valence-corrected chi connectivity index (χ0v) is 12.8. The summed E-state index contributed by atoms with van der Waals surface area (Å²) < 4.78 is 7.16. The maximum Gasteiger partial charge on any atom is 0.352 e. The van der Waals surface area contributed by atoms with Crippen molar-refractivity contribution in [2.45, 2.75) is 6.92 Å². The second kappa shape index (κ2) is 5.91. The monoisotopic (exact) mass is 328 g/mol. The van der Waals surface area contributed by atoms with Gasteiger partial charge >= 0.3 is 11.7 Å². The number of ether oxygens (including phenoxy) is 1. The highest BCUT2D eigenvalue weighted by atomic mass is 16.5. The molecule has 1 aromatic carbocycles. The van der Waals surface area contributed by atoms with Gasteiger partial charge in [-0.3, -0.25) is 9.59 Å². The number of esters is 1. The molecule has 0 aliphatic carbocycles. The molecule has 2 aromatic heterocycles. The maximum atomic E-state index is 12.4. The first-order chi connectivity index (χ1) is 11.5. The molecule has 24 heavy (non-hydrogen) atoms. The number of nitrogens with zero attached hydrogens (tertiary/aromatic N) is 5. The van der Waals surface area contributed by atoms with Gasteiger partial charge in [0.15, 0.2) is 17.1 Å². The molecule has 0 spiro atoms. The van der Waals surface area contributed by atoms with Crippen LogP contribution in [0.5, 0.6) is 5.75 Å². The molecule has 0 fully saturated rings. The van der Waals surface area contributed by atoms with Crippen LogP contribution in [0, 0.1) is 0 Å². The van der Waals surface area contributed by atoms with Gasteiger partial charge in [0.25, 0.3) is 5.91 Å². The third-order valence-electron chi connectivity index (χ3n) is 3.10. The average molecular weight is 328 g/mol. The van der Waals surface area contributed by atoms with Crippen LogP contribution < -0.4 is 15.7 Å². The summed E-state index contributed by atoms with van der Waals surface area (Å²) in [4.78, 5) is 39.3. The van der Waals surface area contributed by atoms with Gasteiger partial charge in [0.05, 0.1) is 5.69 Å². The van der Waals surface area contributed by atoms with E-state index in [2.05, 4.69) is 20.6 Å². The number of aromatic nitrogens is 5. The molecule has 0 atom stereocenters. The van der Waals surface area contributed by atoms with Gasteiger partial charge in [-0.1, -0.05) is 17.3 Å². The topological polar surface area (TPSA) is 120 Å². The predicted molar refractivity (Wildman–Crippen MR) is 81.7 cm³/mol. The third kappa shape index (κ3) is 2.72. The lowest BCUT2D eigenvalue weighted by Crippen LogP contribution is -2.27. The number of imidazole rings is 1. The molecule has 3 rings (SSSR count). The first-order valence-electron chi connectivity index (χ1n) is 6.83. The normalized spacial score (nSPS) is 10.6. The zero-order chi connectivity index (χ0) is 17.3. The molecule has 1 N–H and O–H groups in total. The fraction of sp³-hybridized carbons (Fsp3) is 0.143. The van der Waals surface area contributed by atoms with Gasteiger partial charge in [-0.2, -0.15) is 4.68 Å². The summed E-state index contributed by atoms with van der Waals surface area (Å²) in [7, 11) is 1.43. The number of carbonyl (C=O) groups is 2. The average Bonchev–Trinajstić information content (AvgIpc) is 2.97. The number of aryl methyl sites for hydroxylation is 1. The van der Waals surface area contributed by atoms with Crippen LogP contribution in [-0.2, 0) is 11.8 Å². The lowest BCUT2D eigenvalue weighted by Gasteiger charge is -2.09. The highest BCUT2D eigenvalue weighted by Crippen LogP contribution is 2.24. The van der Waals surface area contributed by atoms with E-state index >= 15 is 0 Å². The van der Waals surface area contributed by atoms with Gasteiger partial charge in [-0.25, -0.2) is 14.2 Å². The van der Waals surface area contributed by atoms with Gasteiger partial charge in [0.2, 0.25) is 0 Å². The molecule has 10 nitrogen and oxygen atoms in total. The summed E-state index contributed by atoms with van der Waals surface area (Å²) in [5.41, 5.74) is -0.235. The van der Waals surface area contributed by atoms with Gasteiger partial charge in [-0.15, -0.1) is 5.10 Å². The van der Waals surface area contributed by atoms with E-state index in [9.17, 15) is 14.4 Å². The zero-order valence-electron chi connectivity index (χ0n) is 12.8. The molecule has 10 heteroatoms. The van der Waals surface area contributed by atoms with Crippen LogP contribution in [0.25, 0.3) is 5.65 Å². The van der Waals surface area contributed by atoms with Crippen molar-refractivity contribution in [1.29, 1.82) is 0 Å². The Morgan fingerprint density at radius 3 is 2.75 bits per heavy atom. The first-order valence-corrected chi connectivity index (χ1v) is 6.83. The molecule has 0 radical (unpaired) electrons. The number of fused-ring (bicyclic) bond motifs is 1. The fourth-order valence-electron chi connectivity index (χ4n) is 2.04. The second-order valence-corrected chi connectivity index (χ2v) is 4.83. The van der Waals surface area contributed by atoms with Crippen molar-refractivity contribution in [1.82, 2.24) is 24.4 Å². The van der Waals surface area contributed by atoms with Crippen LogP contribution in [0.3, 0.4) is 0 Å². The van der Waals surface area contributed by atoms with Gasteiger partial charge in [0.1, 0.15) is 6.33 Å². The van der Waals surface area contributed by atoms with E-state index in [1.54, 1.807) is 18.2 Å². The number of rotatable bonds is 3. The maximum absolute atomic E-state index is 12.4. The summed E-state index contributed by atoms with van der Waals surface area (Å²) in [6.07, 6.45) is 1.19. The molecule has 3 aromatic rings. The number of para-hydroxylation sites is 2. The van der Waals surface area contributed by atoms with Crippen LogP contribution in [-0.4, -0.2) is 36.3 Å². The Morgan fingerprint density at radius 1 is 1.25 bits per heavy atom. The van der Waals surface area contributed by atoms with Gasteiger partial charge < -0.3 is 10.1 Å². The summed E-state index contributed by atoms with van der Waals surface area (Å²) in [5, 5.41) is 10.0. The summed E-state index contributed by atoms with van der Waals surface area (Å²) >= 11 is 0. The van der Waals surface area contributed by atoms with Crippen LogP contribution in [0.2, 0.25) is 0 Å². The Bertz CT molecular complexity index is 1010. The van der Waals surface area contributed by atoms with E-state index < -0.39 is 17.6 Å². The largest absolute Gasteiger partial charge is 0.424 e. The van der Waals surface area contributed by atoms with Gasteiger partial charge in [0, 0.05) is 14.0 Å². The van der Waals surface area contributed by atoms with Crippen molar-refractivity contribution in [3.05, 3.63) is 46.8 Å². The minimum Gasteiger partial charge on any atom is -0.424 e. The highest BCUT2D eigenvalue weighted by Gasteiger charge is 2.18. The first kappa shape index (κ1) is 15.3. The van der Waals surface area contributed by atoms with E-state index in [-0.39, 0.29) is 22.8 Å². The molecule has 0 saturated carbocycles. The van der Waals surface area contributed by atoms with Crippen molar-refractivity contribution >= 4 is 23.2 Å². The van der Waals surface area contributed by atoms with Gasteiger partial charge in [-0.05, 0) is 12.1 Å². The Kier molecular flexibility index (Phi) is 3.78. The number of hydrogen-bond acceptors (Lipinski definition) is 7. The van der Waals surface area contributed by atoms with E-state index in [1.807, 2.05) is 0 Å². The summed E-state index contributed by atoms with van der Waals surface area (Å²) in [5.74, 6) is -0.929. The van der Waals surface area contributed by atoms with Crippen LogP contribution in [0.1, 0.15) is 17.4 Å². The Hall–Kier alpha value is -3.56. The number of nitrogens with one attached hydrogen (secondary N) is 1. The molecule has 1 amide bonds. The summed E-state index contributed by atoms with van der Waals surface area (Å²) in [6, 6.07) is 6.44. The lowest BCUT2D eigenvalue weighted by molar-refractivity contribution is -0.131. The van der Waals surface area contributed by atoms with Crippen molar-refractivity contribution in [3.8, 4) is 5.75 Å². The number of anilines is 1. The highest BCUT2D eigenvalue weighted by molar-refractivity contribution is 6.07. The minimum absolute atomic E-state index is 0.0283. The lowest BCUT2D eigenvalue weighted by atomic mass is 10.3. The van der Waals surface area contributed by atoms with Crippen LogP contribution in [0.4, 0.5) is 5.69 Å². The number of amides is 1. The molecule has 0 aliphatic rings. The van der Waals surface area contributed by atoms with Crippen LogP contribution in [0.15, 0.2) is 35.4 Å². The standard InChI is InChI=1S/C14H12N6O4/c1-8(21)24-10-6-4-3-5-9(10)16-13(22)11-12-17-18-19(2)14(23)20(12)7-15-11/h3-7H,1-2H3,(H,16,22). The number of carbonyl (C=O) groups excluding carboxylic acids is 2. The molecular weight excluding hydrogens is 316 g/mol. The fourth-order valence-corrected chi connectivity index (χ4v) is 2.04. The third-order valence-corrected chi connectivity index (χ3v) is 3.10. The van der Waals surface area contributed by atoms with Crippen molar-refractivity contribution < 1.29 is 14.3 Å². The quantitative estimate of drug-likeness (QED) is 0.530. The number of hydrogen-bond donors (Lipinski definition) is 1. The Labute approximate surface area is 134 Å². The molecule has 0 aliphatic heterocycles. The minimum atomic E-state index is -0.611. The smallest absolute Gasteiger partial charge is 0.352 e. The predicted octanol–water partition coefficient (Wildman–Crippen LogP) is 0.000600. The second-order valence-electron chi connectivity index (χ2n) is 4.83. The van der Waals surface area contributed by atoms with E-state index in [1.165, 1.54) is 26.4 Å². The molecule has 2 heterocycles. The molecule has 0 unspecified atom stereocenters. The molecule has 0 saturated heterocycles. The van der Waals surface area contributed by atoms with Crippen molar-refractivity contribution in [3.63, 3.8) is 0 Å². The SMILES string of the molecule is CC(=O)Oc1ccccc1NC(=O)c1ncn2c(=O)n(C)nnc12. The van der Waals surface area contributed by atoms with E-state index in [0.29, 0.717) is 0 Å². The molecule has 0 bridgehead atoms. The van der Waals surface area contributed by atoms with E-state index in [0.717, 1.165) is 9.08 Å². The molecular formula is C14H12N6O4. The van der Waals surface area contributed by atoms with Crippen LogP contribution >= 0.6 is 0 Å². The molecule has 122 valence electrons. The number of benzene rings is 1. The van der Waals surface area contributed by atoms with Crippen molar-refractivity contribution in [2.24, 2.45) is 7.05 Å².